The average molecular weight is 322 g/mol. The van der Waals surface area contributed by atoms with Gasteiger partial charge < -0.3 is 29.6 Å². The number of unbranched alkanes of at least 4 members (excludes halogenated alkanes) is 2. The minimum Gasteiger partial charge on any atom is -0.367 e. The van der Waals surface area contributed by atoms with Gasteiger partial charge in [-0.1, -0.05) is 19.8 Å². The second-order valence-electron chi connectivity index (χ2n) is 4.31. The van der Waals surface area contributed by atoms with Gasteiger partial charge in [-0.3, -0.25) is 9.13 Å². The van der Waals surface area contributed by atoms with Gasteiger partial charge in [0.2, 0.25) is 0 Å². The standard InChI is InChI=1S/C9H23NO7P2/c1-3-4-5-7-10(2)8-6-9(11,18(12,13)14)19(15,16)17/h11H,3-8H2,1-2H3,(H2,12,13,14)(H2,15,16,17)/i2D3. The summed E-state index contributed by atoms with van der Waals surface area (Å²) in [6.45, 7) is -1.23. The fourth-order valence-corrected chi connectivity index (χ4v) is 3.55. The van der Waals surface area contributed by atoms with Gasteiger partial charge in [-0.2, -0.15) is 0 Å². The Hall–Kier alpha value is 0.220. The van der Waals surface area contributed by atoms with Crippen LogP contribution in [-0.2, 0) is 9.13 Å². The van der Waals surface area contributed by atoms with E-state index in [0.717, 1.165) is 17.7 Å². The molecule has 0 spiro atoms. The molecule has 0 fully saturated rings. The number of hydrogen-bond acceptors (Lipinski definition) is 4. The van der Waals surface area contributed by atoms with E-state index in [1.54, 1.807) is 0 Å². The summed E-state index contributed by atoms with van der Waals surface area (Å²) in [6.07, 6.45) is 0.989. The van der Waals surface area contributed by atoms with Crippen LogP contribution in [0.25, 0.3) is 0 Å². The van der Waals surface area contributed by atoms with Gasteiger partial charge in [-0.05, 0) is 19.9 Å². The van der Waals surface area contributed by atoms with E-state index in [2.05, 4.69) is 0 Å². The molecule has 10 heteroatoms. The molecule has 0 unspecified atom stereocenters. The Kier molecular flexibility index (Phi) is 5.44. The molecule has 0 saturated heterocycles. The largest absolute Gasteiger partial charge is 0.369 e. The van der Waals surface area contributed by atoms with E-state index in [4.69, 9.17) is 23.7 Å². The highest BCUT2D eigenvalue weighted by Gasteiger charge is 2.58. The van der Waals surface area contributed by atoms with Crippen LogP contribution in [0, 0.1) is 0 Å². The molecule has 0 aromatic rings. The van der Waals surface area contributed by atoms with Gasteiger partial charge in [0.1, 0.15) is 0 Å². The van der Waals surface area contributed by atoms with Gasteiger partial charge in [-0.15, -0.1) is 0 Å². The highest BCUT2D eigenvalue weighted by atomic mass is 31.2. The second kappa shape index (κ2) is 7.29. The van der Waals surface area contributed by atoms with Crippen molar-refractivity contribution in [3.05, 3.63) is 0 Å². The lowest BCUT2D eigenvalue weighted by Crippen LogP contribution is -2.34. The van der Waals surface area contributed by atoms with Gasteiger partial charge in [0, 0.05) is 17.1 Å². The van der Waals surface area contributed by atoms with Gasteiger partial charge in [-0.25, -0.2) is 0 Å². The van der Waals surface area contributed by atoms with E-state index < -0.39 is 40.2 Å². The zero-order chi connectivity index (χ0) is 17.8. The maximum Gasteiger partial charge on any atom is 0.369 e. The normalized spacial score (nSPS) is 17.1. The molecule has 5 N–H and O–H groups in total. The van der Waals surface area contributed by atoms with Crippen molar-refractivity contribution in [3.63, 3.8) is 0 Å². The van der Waals surface area contributed by atoms with Crippen molar-refractivity contribution >= 4 is 15.2 Å². The van der Waals surface area contributed by atoms with Gasteiger partial charge in [0.15, 0.2) is 0 Å². The number of hydrogen-bond donors (Lipinski definition) is 5. The molecule has 0 aliphatic heterocycles. The van der Waals surface area contributed by atoms with Crippen LogP contribution in [0.4, 0.5) is 0 Å². The van der Waals surface area contributed by atoms with Crippen molar-refractivity contribution in [2.24, 2.45) is 0 Å². The second-order valence-corrected chi connectivity index (χ2v) is 8.32. The zero-order valence-corrected chi connectivity index (χ0v) is 12.4. The minimum absolute atomic E-state index is 0.0583. The summed E-state index contributed by atoms with van der Waals surface area (Å²) < 4.78 is 44.4. The molecule has 0 aliphatic rings. The van der Waals surface area contributed by atoms with Crippen LogP contribution in [0.2, 0.25) is 0 Å². The smallest absolute Gasteiger partial charge is 0.367 e. The summed E-state index contributed by atoms with van der Waals surface area (Å²) in [5, 5.41) is 6.14. The van der Waals surface area contributed by atoms with Crippen LogP contribution in [0.1, 0.15) is 36.7 Å². The Morgan fingerprint density at radius 2 is 1.63 bits per heavy atom. The van der Waals surface area contributed by atoms with Crippen molar-refractivity contribution < 1.29 is 37.9 Å². The average Bonchev–Trinajstić information content (AvgIpc) is 2.28. The van der Waals surface area contributed by atoms with Crippen molar-refractivity contribution in [2.75, 3.05) is 20.1 Å². The van der Waals surface area contributed by atoms with Crippen molar-refractivity contribution in [1.82, 2.24) is 4.90 Å². The van der Waals surface area contributed by atoms with Crippen molar-refractivity contribution in [3.8, 4) is 0 Å². The highest BCUT2D eigenvalue weighted by molar-refractivity contribution is 7.72. The summed E-state index contributed by atoms with van der Waals surface area (Å²) in [7, 11) is -11.1. The van der Waals surface area contributed by atoms with E-state index in [9.17, 15) is 14.2 Å². The monoisotopic (exact) mass is 322 g/mol. The fourth-order valence-electron chi connectivity index (χ4n) is 1.41. The SMILES string of the molecule is [2H]C([2H])([2H])N(CCCCC)CCC(O)(P(=O)(O)O)P(=O)(O)O. The lowest BCUT2D eigenvalue weighted by molar-refractivity contribution is 0.112. The summed E-state index contributed by atoms with van der Waals surface area (Å²) >= 11 is 0. The predicted molar refractivity (Wildman–Crippen MR) is 70.7 cm³/mol. The molecular weight excluding hydrogens is 296 g/mol. The Morgan fingerprint density at radius 1 is 1.11 bits per heavy atom. The Labute approximate surface area is 117 Å². The van der Waals surface area contributed by atoms with Crippen LogP contribution in [0.3, 0.4) is 0 Å². The van der Waals surface area contributed by atoms with Crippen LogP contribution < -0.4 is 0 Å². The molecular formula is C9H23NO7P2. The molecule has 8 nitrogen and oxygen atoms in total. The number of rotatable bonds is 9. The zero-order valence-electron chi connectivity index (χ0n) is 13.6. The summed E-state index contributed by atoms with van der Waals surface area (Å²) in [5.41, 5.74) is 0. The summed E-state index contributed by atoms with van der Waals surface area (Å²) in [6, 6.07) is 0. The molecule has 0 aliphatic carbocycles. The molecule has 0 aromatic carbocycles. The topological polar surface area (TPSA) is 139 Å². The Morgan fingerprint density at radius 3 is 2.00 bits per heavy atom. The Bertz CT molecular complexity index is 425. The first-order chi connectivity index (χ1) is 9.67. The maximum absolute atomic E-state index is 11.2. The summed E-state index contributed by atoms with van der Waals surface area (Å²) in [4.78, 5) is 36.9. The van der Waals surface area contributed by atoms with E-state index in [0.29, 0.717) is 6.42 Å². The third kappa shape index (κ3) is 5.61. The molecule has 0 heterocycles. The third-order valence-electron chi connectivity index (χ3n) is 2.68. The first kappa shape index (κ1) is 14.2. The highest BCUT2D eigenvalue weighted by Crippen LogP contribution is 2.68. The summed E-state index contributed by atoms with van der Waals surface area (Å²) in [5.74, 6) is 0. The molecule has 0 aromatic heterocycles. The maximum atomic E-state index is 11.2. The minimum atomic E-state index is -5.57. The fraction of sp³-hybridized carbons (Fsp3) is 1.00. The van der Waals surface area contributed by atoms with E-state index in [-0.39, 0.29) is 6.54 Å². The molecule has 0 rings (SSSR count). The van der Waals surface area contributed by atoms with E-state index >= 15 is 0 Å². The lowest BCUT2D eigenvalue weighted by atomic mass is 10.2. The van der Waals surface area contributed by atoms with Crippen molar-refractivity contribution in [1.29, 1.82) is 0 Å². The van der Waals surface area contributed by atoms with Crippen molar-refractivity contribution in [2.45, 2.75) is 37.7 Å². The van der Waals surface area contributed by atoms with Crippen LogP contribution >= 0.6 is 15.2 Å². The molecule has 19 heavy (non-hydrogen) atoms. The predicted octanol–water partition coefficient (Wildman–Crippen LogP) is 0.500. The van der Waals surface area contributed by atoms with Crippen LogP contribution in [-0.4, -0.2) is 54.7 Å². The third-order valence-corrected chi connectivity index (χ3v) is 6.56. The first-order valence-corrected chi connectivity index (χ1v) is 8.98. The molecule has 0 amide bonds. The van der Waals surface area contributed by atoms with Gasteiger partial charge in [0.25, 0.3) is 5.08 Å². The quantitative estimate of drug-likeness (QED) is 0.305. The molecule has 0 atom stereocenters. The number of aliphatic hydroxyl groups is 1. The van der Waals surface area contributed by atoms with Crippen LogP contribution in [0.15, 0.2) is 0 Å². The number of nitrogens with zero attached hydrogens (tertiary/aromatic N) is 1. The lowest BCUT2D eigenvalue weighted by Gasteiger charge is -2.30. The molecule has 0 saturated carbocycles. The van der Waals surface area contributed by atoms with Gasteiger partial charge in [0.05, 0.1) is 0 Å². The van der Waals surface area contributed by atoms with Crippen LogP contribution in [0.5, 0.6) is 0 Å². The van der Waals surface area contributed by atoms with E-state index in [1.807, 2.05) is 6.92 Å². The molecule has 0 radical (unpaired) electrons. The molecule has 116 valence electrons. The van der Waals surface area contributed by atoms with E-state index in [1.165, 1.54) is 0 Å². The molecule has 0 bridgehead atoms. The van der Waals surface area contributed by atoms with Gasteiger partial charge >= 0.3 is 15.2 Å². The Balaban J connectivity index is 5.15. The first-order valence-electron chi connectivity index (χ1n) is 7.25.